The third kappa shape index (κ3) is 4.70. The molecule has 0 aliphatic heterocycles. The van der Waals surface area contributed by atoms with Crippen LogP contribution in [0.25, 0.3) is 22.3 Å². The molecule has 1 aromatic heterocycles. The number of aryl methyl sites for hydroxylation is 1. The van der Waals surface area contributed by atoms with Gasteiger partial charge >= 0.3 is 12.1 Å². The smallest absolute Gasteiger partial charge is 0.413 e. The van der Waals surface area contributed by atoms with Crippen LogP contribution in [-0.4, -0.2) is 26.9 Å². The van der Waals surface area contributed by atoms with Crippen LogP contribution < -0.4 is 5.32 Å². The predicted molar refractivity (Wildman–Crippen MR) is 138 cm³/mol. The Balaban J connectivity index is 1.34. The maximum absolute atomic E-state index is 15.3. The Kier molecular flexibility index (Phi) is 6.25. The van der Waals surface area contributed by atoms with E-state index < -0.39 is 29.4 Å². The predicted octanol–water partition coefficient (Wildman–Crippen LogP) is 6.32. The molecule has 0 saturated heterocycles. The molecular weight excluding hydrogens is 473 g/mol. The van der Waals surface area contributed by atoms with Crippen LogP contribution in [0.1, 0.15) is 37.0 Å². The summed E-state index contributed by atoms with van der Waals surface area (Å²) in [5.74, 6) is -0.979. The van der Waals surface area contributed by atoms with E-state index in [1.807, 2.05) is 42.5 Å². The summed E-state index contributed by atoms with van der Waals surface area (Å²) in [6, 6.07) is 21.4. The Bertz CT molecular complexity index is 1460. The molecule has 1 aliphatic carbocycles. The SMILES string of the molecule is CC(OC(=O)Nc1c(-c2ccc(-c3ccc(C4(C(=O)O)CC4)cc3)cc2F)cnn1C)c1ccccc1. The van der Waals surface area contributed by atoms with Crippen molar-refractivity contribution in [2.24, 2.45) is 7.05 Å². The van der Waals surface area contributed by atoms with Gasteiger partial charge in [-0.05, 0) is 48.1 Å². The van der Waals surface area contributed by atoms with Crippen molar-refractivity contribution in [1.29, 1.82) is 0 Å². The molecule has 7 nitrogen and oxygen atoms in total. The highest BCUT2D eigenvalue weighted by atomic mass is 19.1. The van der Waals surface area contributed by atoms with Gasteiger partial charge in [-0.2, -0.15) is 5.10 Å². The number of nitrogens with zero attached hydrogens (tertiary/aromatic N) is 2. The Morgan fingerprint density at radius 2 is 1.70 bits per heavy atom. The average Bonchev–Trinajstić information content (AvgIpc) is 3.65. The zero-order chi connectivity index (χ0) is 26.2. The third-order valence-corrected chi connectivity index (χ3v) is 6.90. The molecule has 1 heterocycles. The lowest BCUT2D eigenvalue weighted by Gasteiger charge is -2.15. The van der Waals surface area contributed by atoms with Crippen LogP contribution in [0.5, 0.6) is 0 Å². The number of aromatic nitrogens is 2. The van der Waals surface area contributed by atoms with Gasteiger partial charge in [-0.25, -0.2) is 9.18 Å². The number of nitrogens with one attached hydrogen (secondary N) is 1. The van der Waals surface area contributed by atoms with E-state index in [0.717, 1.165) is 16.7 Å². The molecule has 2 N–H and O–H groups in total. The van der Waals surface area contributed by atoms with E-state index in [9.17, 15) is 14.7 Å². The number of carboxylic acids is 1. The molecule has 3 aromatic carbocycles. The largest absolute Gasteiger partial charge is 0.481 e. The summed E-state index contributed by atoms with van der Waals surface area (Å²) >= 11 is 0. The summed E-state index contributed by atoms with van der Waals surface area (Å²) in [6.45, 7) is 1.77. The fraction of sp³-hybridized carbons (Fsp3) is 0.207. The first-order chi connectivity index (χ1) is 17.8. The summed E-state index contributed by atoms with van der Waals surface area (Å²) in [6.07, 6.45) is 1.61. The lowest BCUT2D eigenvalue weighted by atomic mass is 9.93. The van der Waals surface area contributed by atoms with Crippen molar-refractivity contribution < 1.29 is 23.8 Å². The average molecular weight is 500 g/mol. The number of amides is 1. The van der Waals surface area contributed by atoms with Crippen LogP contribution in [-0.2, 0) is 22.0 Å². The Morgan fingerprint density at radius 1 is 1.03 bits per heavy atom. The van der Waals surface area contributed by atoms with Crippen molar-refractivity contribution in [2.75, 3.05) is 5.32 Å². The van der Waals surface area contributed by atoms with E-state index in [1.54, 1.807) is 38.2 Å². The molecule has 188 valence electrons. The van der Waals surface area contributed by atoms with Crippen molar-refractivity contribution in [3.05, 3.63) is 95.9 Å². The highest BCUT2D eigenvalue weighted by molar-refractivity contribution is 5.90. The van der Waals surface area contributed by atoms with Crippen molar-refractivity contribution in [2.45, 2.75) is 31.3 Å². The number of halogens is 1. The minimum absolute atomic E-state index is 0.280. The van der Waals surface area contributed by atoms with Crippen LogP contribution in [0.4, 0.5) is 15.0 Å². The van der Waals surface area contributed by atoms with Gasteiger partial charge in [0.1, 0.15) is 17.7 Å². The number of hydrogen-bond donors (Lipinski definition) is 2. The number of carboxylic acid groups (broad SMARTS) is 1. The van der Waals surface area contributed by atoms with E-state index in [1.165, 1.54) is 16.9 Å². The highest BCUT2D eigenvalue weighted by Crippen LogP contribution is 2.48. The monoisotopic (exact) mass is 499 g/mol. The fourth-order valence-electron chi connectivity index (χ4n) is 4.51. The molecule has 37 heavy (non-hydrogen) atoms. The molecule has 0 spiro atoms. The Labute approximate surface area is 213 Å². The molecular formula is C29H26FN3O4. The van der Waals surface area contributed by atoms with Gasteiger partial charge in [0.2, 0.25) is 0 Å². The van der Waals surface area contributed by atoms with Crippen LogP contribution in [0.3, 0.4) is 0 Å². The van der Waals surface area contributed by atoms with Crippen molar-refractivity contribution in [1.82, 2.24) is 9.78 Å². The first-order valence-electron chi connectivity index (χ1n) is 12.0. The van der Waals surface area contributed by atoms with Crippen molar-refractivity contribution >= 4 is 17.9 Å². The molecule has 8 heteroatoms. The van der Waals surface area contributed by atoms with Gasteiger partial charge in [-0.15, -0.1) is 0 Å². The van der Waals surface area contributed by atoms with Gasteiger partial charge in [0, 0.05) is 18.2 Å². The number of ether oxygens (including phenoxy) is 1. The van der Waals surface area contributed by atoms with Gasteiger partial charge in [0.05, 0.1) is 11.6 Å². The van der Waals surface area contributed by atoms with Crippen molar-refractivity contribution in [3.63, 3.8) is 0 Å². The van der Waals surface area contributed by atoms with Crippen LogP contribution in [0.2, 0.25) is 0 Å². The summed E-state index contributed by atoms with van der Waals surface area (Å²) in [7, 11) is 1.65. The molecule has 1 atom stereocenters. The Morgan fingerprint density at radius 3 is 2.32 bits per heavy atom. The van der Waals surface area contributed by atoms with E-state index in [2.05, 4.69) is 10.4 Å². The summed E-state index contributed by atoms with van der Waals surface area (Å²) < 4.78 is 22.2. The number of anilines is 1. The van der Waals surface area contributed by atoms with Crippen LogP contribution in [0, 0.1) is 5.82 Å². The fourth-order valence-corrected chi connectivity index (χ4v) is 4.51. The molecule has 0 radical (unpaired) electrons. The molecule has 1 unspecified atom stereocenters. The number of benzene rings is 3. The second-order valence-corrected chi connectivity index (χ2v) is 9.27. The molecule has 1 aliphatic rings. The lowest BCUT2D eigenvalue weighted by molar-refractivity contribution is -0.140. The van der Waals surface area contributed by atoms with Gasteiger partial charge < -0.3 is 9.84 Å². The van der Waals surface area contributed by atoms with E-state index in [-0.39, 0.29) is 5.56 Å². The maximum Gasteiger partial charge on any atom is 0.413 e. The second-order valence-electron chi connectivity index (χ2n) is 9.27. The quantitative estimate of drug-likeness (QED) is 0.310. The zero-order valence-corrected chi connectivity index (χ0v) is 20.4. The third-order valence-electron chi connectivity index (χ3n) is 6.90. The molecule has 0 bridgehead atoms. The van der Waals surface area contributed by atoms with Gasteiger partial charge in [0.25, 0.3) is 0 Å². The van der Waals surface area contributed by atoms with E-state index >= 15 is 4.39 Å². The first-order valence-corrected chi connectivity index (χ1v) is 12.0. The molecule has 1 fully saturated rings. The molecule has 1 saturated carbocycles. The maximum atomic E-state index is 15.3. The number of carbonyl (C=O) groups excluding carboxylic acids is 1. The molecule has 1 amide bonds. The second kappa shape index (κ2) is 9.54. The minimum Gasteiger partial charge on any atom is -0.481 e. The van der Waals surface area contributed by atoms with E-state index in [0.29, 0.717) is 29.8 Å². The van der Waals surface area contributed by atoms with Gasteiger partial charge in [-0.3, -0.25) is 14.8 Å². The van der Waals surface area contributed by atoms with Crippen LogP contribution >= 0.6 is 0 Å². The van der Waals surface area contributed by atoms with E-state index in [4.69, 9.17) is 4.74 Å². The molecule has 4 aromatic rings. The highest BCUT2D eigenvalue weighted by Gasteiger charge is 2.51. The first kappa shape index (κ1) is 24.2. The van der Waals surface area contributed by atoms with Crippen molar-refractivity contribution in [3.8, 4) is 22.3 Å². The minimum atomic E-state index is -0.810. The van der Waals surface area contributed by atoms with Gasteiger partial charge in [0.15, 0.2) is 0 Å². The zero-order valence-electron chi connectivity index (χ0n) is 20.4. The summed E-state index contributed by atoms with van der Waals surface area (Å²) in [4.78, 5) is 24.2. The molecule has 5 rings (SSSR count). The van der Waals surface area contributed by atoms with Crippen LogP contribution in [0.15, 0.2) is 79.0 Å². The summed E-state index contributed by atoms with van der Waals surface area (Å²) in [5, 5.41) is 16.4. The number of carbonyl (C=O) groups is 2. The number of rotatable bonds is 7. The topological polar surface area (TPSA) is 93.4 Å². The lowest BCUT2D eigenvalue weighted by Crippen LogP contribution is -2.19. The number of aliphatic carboxylic acids is 1. The normalized spacial score (nSPS) is 14.6. The summed E-state index contributed by atoms with van der Waals surface area (Å²) in [5.41, 5.74) is 2.97. The standard InChI is InChI=1S/C29H26FN3O4/c1-18(19-6-4-3-5-7-19)37-28(36)32-26-24(17-31-33(26)2)23-13-10-21(16-25(23)30)20-8-11-22(12-9-20)29(14-15-29)27(34)35/h3-13,16-18H,14-15H2,1-2H3,(H,32,36)(H,34,35). The van der Waals surface area contributed by atoms with Gasteiger partial charge in [-0.1, -0.05) is 66.7 Å². The number of hydrogen-bond acceptors (Lipinski definition) is 4. The Hall–Kier alpha value is -4.46.